The number of methoxy groups -OCH3 is 1. The lowest BCUT2D eigenvalue weighted by Gasteiger charge is -2.21. The van der Waals surface area contributed by atoms with Gasteiger partial charge in [0.05, 0.1) is 30.5 Å². The normalized spacial score (nSPS) is 11.7. The van der Waals surface area contributed by atoms with E-state index in [1.54, 1.807) is 26.0 Å². The minimum absolute atomic E-state index is 0.0403. The van der Waals surface area contributed by atoms with Crippen molar-refractivity contribution >= 4 is 23.4 Å². The first-order chi connectivity index (χ1) is 18.8. The number of aromatic nitrogens is 2. The molecule has 40 heavy (non-hydrogen) atoms. The number of aliphatic hydroxyl groups is 1. The van der Waals surface area contributed by atoms with Gasteiger partial charge in [0.1, 0.15) is 12.4 Å². The highest BCUT2D eigenvalue weighted by atomic mass is 35.5. The van der Waals surface area contributed by atoms with Gasteiger partial charge < -0.3 is 19.4 Å². The van der Waals surface area contributed by atoms with E-state index < -0.39 is 5.54 Å². The van der Waals surface area contributed by atoms with Crippen LogP contribution in [0.3, 0.4) is 0 Å². The zero-order valence-electron chi connectivity index (χ0n) is 24.1. The fourth-order valence-electron chi connectivity index (χ4n) is 3.58. The van der Waals surface area contributed by atoms with E-state index in [1.165, 1.54) is 18.0 Å². The molecule has 1 unspecified atom stereocenters. The van der Waals surface area contributed by atoms with Crippen LogP contribution in [0.5, 0.6) is 5.75 Å². The van der Waals surface area contributed by atoms with Crippen molar-refractivity contribution in [3.05, 3.63) is 92.4 Å². The molecular weight excluding hydrogens is 532 g/mol. The fraction of sp³-hybridized carbons (Fsp3) is 0.419. The average Bonchev–Trinajstić information content (AvgIpc) is 2.91. The number of Topliss-reactive ketones (excluding diaryl/α,β-unsaturated/α-hetero) is 1. The second-order valence-corrected chi connectivity index (χ2v) is 11.0. The van der Waals surface area contributed by atoms with Crippen LogP contribution in [0.2, 0.25) is 5.02 Å². The van der Waals surface area contributed by atoms with Crippen molar-refractivity contribution in [3.63, 3.8) is 0 Å². The van der Waals surface area contributed by atoms with Crippen LogP contribution in [-0.2, 0) is 34.5 Å². The highest BCUT2D eigenvalue weighted by molar-refractivity contribution is 6.31. The molecule has 1 heterocycles. The summed E-state index contributed by atoms with van der Waals surface area (Å²) in [5, 5.41) is 13.5. The summed E-state index contributed by atoms with van der Waals surface area (Å²) in [7, 11) is 1.35. The van der Waals surface area contributed by atoms with Crippen molar-refractivity contribution in [1.29, 1.82) is 0 Å². The van der Waals surface area contributed by atoms with Gasteiger partial charge in [-0.05, 0) is 82.7 Å². The van der Waals surface area contributed by atoms with E-state index in [9.17, 15) is 19.5 Å². The first-order valence-corrected chi connectivity index (χ1v) is 13.5. The van der Waals surface area contributed by atoms with Crippen LogP contribution in [0.25, 0.3) is 0 Å². The van der Waals surface area contributed by atoms with Gasteiger partial charge in [-0.15, -0.1) is 0 Å². The molecule has 216 valence electrons. The maximum absolute atomic E-state index is 12.3. The molecule has 0 spiro atoms. The lowest BCUT2D eigenvalue weighted by molar-refractivity contribution is -0.116. The summed E-state index contributed by atoms with van der Waals surface area (Å²) in [5.41, 5.74) is 2.91. The molecule has 0 bridgehead atoms. The maximum Gasteiger partial charge on any atom is 0.337 e. The SMILES string of the molecule is CC(O)CCc1ccc(COc2cnn(C(C)(C)C)c(=O)c2Cl)cc1.COC(=O)c1ccc(CCC(C)=O)cc1. The molecule has 3 rings (SSSR count). The first kappa shape index (κ1) is 32.7. The zero-order chi connectivity index (χ0) is 29.9. The molecule has 3 aromatic rings. The molecule has 0 aliphatic carbocycles. The number of aryl methyl sites for hydroxylation is 2. The zero-order valence-corrected chi connectivity index (χ0v) is 24.8. The summed E-state index contributed by atoms with van der Waals surface area (Å²) in [6.45, 7) is 9.32. The van der Waals surface area contributed by atoms with Crippen molar-refractivity contribution in [3.8, 4) is 5.75 Å². The molecule has 8 nitrogen and oxygen atoms in total. The summed E-state index contributed by atoms with van der Waals surface area (Å²) < 4.78 is 11.6. The standard InChI is InChI=1S/C19H25ClN2O3.C12H14O3/c1-13(23)5-6-14-7-9-15(10-8-14)12-25-16-11-21-22(19(2,3)4)18(24)17(16)20;1-9(13)3-4-10-5-7-11(8-6-10)12(14)15-2/h7-11,13,23H,5-6,12H2,1-4H3;5-8H,3-4H2,1-2H3. The number of hydrogen-bond donors (Lipinski definition) is 1. The molecule has 0 aliphatic heterocycles. The quantitative estimate of drug-likeness (QED) is 0.319. The van der Waals surface area contributed by atoms with Gasteiger partial charge in [-0.1, -0.05) is 48.0 Å². The lowest BCUT2D eigenvalue weighted by atomic mass is 10.1. The Morgan fingerprint density at radius 2 is 1.55 bits per heavy atom. The summed E-state index contributed by atoms with van der Waals surface area (Å²) >= 11 is 6.14. The number of esters is 1. The predicted molar refractivity (Wildman–Crippen MR) is 156 cm³/mol. The Morgan fingerprint density at radius 3 is 2.08 bits per heavy atom. The molecule has 2 aromatic carbocycles. The van der Waals surface area contributed by atoms with Crippen molar-refractivity contribution < 1.29 is 24.2 Å². The van der Waals surface area contributed by atoms with E-state index in [0.29, 0.717) is 18.6 Å². The minimum Gasteiger partial charge on any atom is -0.485 e. The van der Waals surface area contributed by atoms with E-state index in [2.05, 4.69) is 9.84 Å². The van der Waals surface area contributed by atoms with E-state index in [0.717, 1.165) is 36.0 Å². The van der Waals surface area contributed by atoms with Crippen LogP contribution in [0, 0.1) is 0 Å². The number of ketones is 1. The number of ether oxygens (including phenoxy) is 2. The number of nitrogens with zero attached hydrogens (tertiary/aromatic N) is 2. The Morgan fingerprint density at radius 1 is 1.00 bits per heavy atom. The Kier molecular flexibility index (Phi) is 12.5. The summed E-state index contributed by atoms with van der Waals surface area (Å²) in [6, 6.07) is 15.1. The maximum atomic E-state index is 12.3. The first-order valence-electron chi connectivity index (χ1n) is 13.2. The molecule has 1 N–H and O–H groups in total. The number of hydrogen-bond acceptors (Lipinski definition) is 7. The number of halogens is 1. The van der Waals surface area contributed by atoms with E-state index in [-0.39, 0.29) is 34.2 Å². The summed E-state index contributed by atoms with van der Waals surface area (Å²) in [4.78, 5) is 34.2. The van der Waals surface area contributed by atoms with Gasteiger partial charge in [-0.3, -0.25) is 4.79 Å². The average molecular weight is 571 g/mol. The van der Waals surface area contributed by atoms with Crippen LogP contribution in [0.15, 0.2) is 59.5 Å². The van der Waals surface area contributed by atoms with Crippen LogP contribution < -0.4 is 10.3 Å². The highest BCUT2D eigenvalue weighted by Crippen LogP contribution is 2.22. The van der Waals surface area contributed by atoms with Gasteiger partial charge in [0, 0.05) is 6.42 Å². The van der Waals surface area contributed by atoms with Gasteiger partial charge in [0.2, 0.25) is 0 Å². The number of benzene rings is 2. The van der Waals surface area contributed by atoms with Crippen LogP contribution in [0.4, 0.5) is 0 Å². The van der Waals surface area contributed by atoms with E-state index in [1.807, 2.05) is 57.2 Å². The molecule has 0 radical (unpaired) electrons. The number of carbonyl (C=O) groups is 2. The molecule has 0 saturated carbocycles. The highest BCUT2D eigenvalue weighted by Gasteiger charge is 2.20. The third-order valence-electron chi connectivity index (χ3n) is 5.93. The Labute approximate surface area is 240 Å². The Hall–Kier alpha value is -3.49. The van der Waals surface area contributed by atoms with Crippen LogP contribution in [0.1, 0.15) is 74.5 Å². The fourth-order valence-corrected chi connectivity index (χ4v) is 3.76. The molecule has 0 amide bonds. The molecule has 1 aromatic heterocycles. The van der Waals surface area contributed by atoms with E-state index >= 15 is 0 Å². The van der Waals surface area contributed by atoms with Gasteiger partial charge in [-0.25, -0.2) is 9.48 Å². The van der Waals surface area contributed by atoms with Crippen molar-refractivity contribution in [2.75, 3.05) is 7.11 Å². The molecular formula is C31H39ClN2O6. The van der Waals surface area contributed by atoms with Gasteiger partial charge >= 0.3 is 5.97 Å². The Bertz CT molecular complexity index is 1310. The third kappa shape index (κ3) is 10.6. The summed E-state index contributed by atoms with van der Waals surface area (Å²) in [6.07, 6.45) is 4.01. The number of carbonyl (C=O) groups excluding carboxylic acids is 2. The molecule has 1 atom stereocenters. The lowest BCUT2D eigenvalue weighted by Crippen LogP contribution is -2.36. The van der Waals surface area contributed by atoms with Crippen molar-refractivity contribution in [1.82, 2.24) is 9.78 Å². The van der Waals surface area contributed by atoms with Gasteiger partial charge in [0.15, 0.2) is 10.8 Å². The third-order valence-corrected chi connectivity index (χ3v) is 6.28. The second-order valence-electron chi connectivity index (χ2n) is 10.6. The van der Waals surface area contributed by atoms with Crippen LogP contribution in [-0.4, -0.2) is 39.9 Å². The topological polar surface area (TPSA) is 108 Å². The van der Waals surface area contributed by atoms with Crippen LogP contribution >= 0.6 is 11.6 Å². The van der Waals surface area contributed by atoms with Gasteiger partial charge in [-0.2, -0.15) is 5.10 Å². The Balaban J connectivity index is 0.000000319. The minimum atomic E-state index is -0.443. The molecule has 0 fully saturated rings. The monoisotopic (exact) mass is 570 g/mol. The predicted octanol–water partition coefficient (Wildman–Crippen LogP) is 5.54. The van der Waals surface area contributed by atoms with E-state index in [4.69, 9.17) is 16.3 Å². The number of aliphatic hydroxyl groups excluding tert-OH is 1. The smallest absolute Gasteiger partial charge is 0.337 e. The largest absolute Gasteiger partial charge is 0.485 e. The molecule has 0 aliphatic rings. The second kappa shape index (κ2) is 15.3. The van der Waals surface area contributed by atoms with Crippen molar-refractivity contribution in [2.24, 2.45) is 0 Å². The summed E-state index contributed by atoms with van der Waals surface area (Å²) in [5.74, 6) is 0.116. The van der Waals surface area contributed by atoms with Crippen molar-refractivity contribution in [2.45, 2.75) is 78.6 Å². The number of rotatable bonds is 10. The molecule has 9 heteroatoms. The molecule has 0 saturated heterocycles. The van der Waals surface area contributed by atoms with Gasteiger partial charge in [0.25, 0.3) is 5.56 Å².